The zero-order chi connectivity index (χ0) is 43.4. The molecule has 9 heteroatoms. The molecule has 0 saturated carbocycles. The highest BCUT2D eigenvalue weighted by Crippen LogP contribution is 2.43. The first-order valence-corrected chi connectivity index (χ1v) is 26.6. The molecule has 0 aromatic carbocycles. The van der Waals surface area contributed by atoms with Crippen LogP contribution < -0.4 is 0 Å². The number of allylic oxidation sites excluding steroid dienone is 3. The molecule has 1 N–H and O–H groups in total. The molecule has 0 fully saturated rings. The number of unbranched alkanes of at least 4 members (excludes halogenated alkanes) is 31. The summed E-state index contributed by atoms with van der Waals surface area (Å²) in [6.45, 7) is 4.96. The predicted octanol–water partition coefficient (Wildman–Crippen LogP) is 15.5. The number of rotatable bonds is 47. The van der Waals surface area contributed by atoms with E-state index in [-0.39, 0.29) is 25.8 Å². The van der Waals surface area contributed by atoms with Crippen LogP contribution in [0.2, 0.25) is 0 Å². The molecule has 0 aliphatic carbocycles. The second-order valence-corrected chi connectivity index (χ2v) is 19.7. The highest BCUT2D eigenvalue weighted by atomic mass is 31.2. The highest BCUT2D eigenvalue weighted by molar-refractivity contribution is 7.47. The van der Waals surface area contributed by atoms with Gasteiger partial charge in [0.15, 0.2) is 6.10 Å². The maximum atomic E-state index is 12.7. The van der Waals surface area contributed by atoms with Crippen molar-refractivity contribution in [2.24, 2.45) is 0 Å². The van der Waals surface area contributed by atoms with Gasteiger partial charge in [-0.15, -0.1) is 0 Å². The fourth-order valence-electron chi connectivity index (χ4n) is 7.16. The number of nitrogens with zero attached hydrogens (tertiary/aromatic N) is 1. The highest BCUT2D eigenvalue weighted by Gasteiger charge is 2.26. The number of phosphoric ester groups is 1. The van der Waals surface area contributed by atoms with Crippen molar-refractivity contribution < 1.29 is 37.3 Å². The van der Waals surface area contributed by atoms with E-state index in [1.54, 1.807) is 6.26 Å². The normalized spacial score (nSPS) is 13.7. The first kappa shape index (κ1) is 57.8. The van der Waals surface area contributed by atoms with Gasteiger partial charge in [0.25, 0.3) is 0 Å². The van der Waals surface area contributed by atoms with Crippen LogP contribution in [0.1, 0.15) is 239 Å². The molecule has 0 bridgehead atoms. The summed E-state index contributed by atoms with van der Waals surface area (Å²) in [5.74, 6) is -0.336. The zero-order valence-electron chi connectivity index (χ0n) is 39.8. The first-order valence-electron chi connectivity index (χ1n) is 25.1. The van der Waals surface area contributed by atoms with Crippen LogP contribution >= 0.6 is 7.82 Å². The molecule has 2 atom stereocenters. The minimum atomic E-state index is -4.29. The average molecular weight is 857 g/mol. The quantitative estimate of drug-likeness (QED) is 0.0163. The van der Waals surface area contributed by atoms with Gasteiger partial charge < -0.3 is 18.9 Å². The van der Waals surface area contributed by atoms with E-state index >= 15 is 0 Å². The molecule has 1 unspecified atom stereocenters. The number of carbonyl (C=O) groups excluding carboxylic acids is 1. The van der Waals surface area contributed by atoms with E-state index in [0.29, 0.717) is 17.4 Å². The lowest BCUT2D eigenvalue weighted by molar-refractivity contribution is -0.870. The maximum absolute atomic E-state index is 12.7. The number of likely N-dealkylation sites (N-methyl/N-ethyl adjacent to an activating group) is 1. The second kappa shape index (κ2) is 43.5. The van der Waals surface area contributed by atoms with E-state index in [1.807, 2.05) is 27.2 Å². The van der Waals surface area contributed by atoms with Crippen LogP contribution in [0.4, 0.5) is 0 Å². The van der Waals surface area contributed by atoms with Gasteiger partial charge in [-0.05, 0) is 51.0 Å². The Morgan fingerprint density at radius 2 is 0.898 bits per heavy atom. The Labute approximate surface area is 366 Å². The molecule has 0 aromatic rings. The van der Waals surface area contributed by atoms with E-state index in [1.165, 1.54) is 186 Å². The van der Waals surface area contributed by atoms with Gasteiger partial charge in [-0.1, -0.05) is 199 Å². The lowest BCUT2D eigenvalue weighted by Crippen LogP contribution is -2.37. The number of carbonyl (C=O) groups is 1. The summed E-state index contributed by atoms with van der Waals surface area (Å²) >= 11 is 0. The van der Waals surface area contributed by atoms with Crippen LogP contribution in [-0.4, -0.2) is 69.0 Å². The Morgan fingerprint density at radius 3 is 1.31 bits per heavy atom. The van der Waals surface area contributed by atoms with Gasteiger partial charge >= 0.3 is 13.8 Å². The molecule has 0 saturated heterocycles. The van der Waals surface area contributed by atoms with E-state index in [4.69, 9.17) is 18.5 Å². The molecule has 0 aliphatic rings. The Kier molecular flexibility index (Phi) is 42.6. The van der Waals surface area contributed by atoms with Gasteiger partial charge in [-0.2, -0.15) is 0 Å². The summed E-state index contributed by atoms with van der Waals surface area (Å²) in [7, 11) is 1.64. The molecule has 0 rings (SSSR count). The number of phosphoric acid groups is 1. The molecule has 350 valence electrons. The third-order valence-electron chi connectivity index (χ3n) is 11.1. The molecule has 0 aliphatic heterocycles. The molecule has 0 amide bonds. The predicted molar refractivity (Wildman–Crippen MR) is 252 cm³/mol. The van der Waals surface area contributed by atoms with E-state index in [0.717, 1.165) is 32.1 Å². The second-order valence-electron chi connectivity index (χ2n) is 18.3. The third-order valence-corrected chi connectivity index (χ3v) is 12.1. The van der Waals surface area contributed by atoms with E-state index in [2.05, 4.69) is 26.0 Å². The number of quaternary nitrogens is 1. The monoisotopic (exact) mass is 857 g/mol. The third kappa shape index (κ3) is 47.7. The van der Waals surface area contributed by atoms with Crippen LogP contribution in [0.15, 0.2) is 24.5 Å². The van der Waals surface area contributed by atoms with Crippen molar-refractivity contribution in [3.05, 3.63) is 24.5 Å². The summed E-state index contributed by atoms with van der Waals surface area (Å²) in [5, 5.41) is 0. The topological polar surface area (TPSA) is 91.3 Å². The lowest BCUT2D eigenvalue weighted by Gasteiger charge is -2.24. The summed E-state index contributed by atoms with van der Waals surface area (Å²) in [5.41, 5.74) is 0. The SMILES string of the molecule is CCCCCCCCCC/C=C\CCCCCCCCCC(=O)O[C@H](CO/C=C\CCCCCCCCCCCCCCCCCC)COP(=O)(O)OCC[N+](C)(C)C. The Hall–Kier alpha value is -1.18. The number of hydrogen-bond acceptors (Lipinski definition) is 6. The van der Waals surface area contributed by atoms with Crippen molar-refractivity contribution in [3.63, 3.8) is 0 Å². The summed E-state index contributed by atoms with van der Waals surface area (Å²) in [6, 6.07) is 0. The molecular formula is C50H99NO7P+. The van der Waals surface area contributed by atoms with Gasteiger partial charge in [-0.3, -0.25) is 13.8 Å². The van der Waals surface area contributed by atoms with Crippen molar-refractivity contribution in [1.29, 1.82) is 0 Å². The van der Waals surface area contributed by atoms with Gasteiger partial charge in [0.05, 0.1) is 34.0 Å². The van der Waals surface area contributed by atoms with Crippen molar-refractivity contribution >= 4 is 13.8 Å². The zero-order valence-corrected chi connectivity index (χ0v) is 40.6. The first-order chi connectivity index (χ1) is 28.6. The van der Waals surface area contributed by atoms with Gasteiger partial charge in [0.1, 0.15) is 19.8 Å². The van der Waals surface area contributed by atoms with Gasteiger partial charge in [0.2, 0.25) is 0 Å². The van der Waals surface area contributed by atoms with Gasteiger partial charge in [0, 0.05) is 6.42 Å². The fraction of sp³-hybridized carbons (Fsp3) is 0.900. The lowest BCUT2D eigenvalue weighted by atomic mass is 10.0. The molecule has 0 heterocycles. The Morgan fingerprint density at radius 1 is 0.525 bits per heavy atom. The molecule has 0 aromatic heterocycles. The average Bonchev–Trinajstić information content (AvgIpc) is 3.19. The minimum absolute atomic E-state index is 0.0501. The van der Waals surface area contributed by atoms with Crippen LogP contribution in [-0.2, 0) is 27.9 Å². The standard InChI is InChI=1S/C50H98NO7P/c1-6-8-10-12-14-16-18-20-22-24-26-27-29-31-33-35-37-39-41-43-50(52)58-49(48-57-59(53,54)56-46-44-51(3,4)5)47-55-45-42-40-38-36-34-32-30-28-25-23-21-19-17-15-13-11-9-7-2/h24,26,42,45,49H,6-23,25,27-41,43-44,46-48H2,1-5H3/p+1/b26-24-,45-42-/t49-/m1/s1. The van der Waals surface area contributed by atoms with Crippen LogP contribution in [0, 0.1) is 0 Å². The van der Waals surface area contributed by atoms with E-state index in [9.17, 15) is 14.3 Å². The van der Waals surface area contributed by atoms with E-state index < -0.39 is 13.9 Å². The van der Waals surface area contributed by atoms with Crippen molar-refractivity contribution in [3.8, 4) is 0 Å². The Balaban J connectivity index is 4.19. The largest absolute Gasteiger partial charge is 0.498 e. The molecule has 59 heavy (non-hydrogen) atoms. The van der Waals surface area contributed by atoms with Crippen LogP contribution in [0.3, 0.4) is 0 Å². The fourth-order valence-corrected chi connectivity index (χ4v) is 7.90. The number of hydrogen-bond donors (Lipinski definition) is 1. The minimum Gasteiger partial charge on any atom is -0.498 e. The van der Waals surface area contributed by atoms with Crippen molar-refractivity contribution in [2.75, 3.05) is 47.5 Å². The van der Waals surface area contributed by atoms with Crippen LogP contribution in [0.5, 0.6) is 0 Å². The smallest absolute Gasteiger partial charge is 0.472 e. The molecule has 0 radical (unpaired) electrons. The van der Waals surface area contributed by atoms with Crippen molar-refractivity contribution in [2.45, 2.75) is 245 Å². The summed E-state index contributed by atoms with van der Waals surface area (Å²) < 4.78 is 34.9. The molecular weight excluding hydrogens is 758 g/mol. The Bertz CT molecular complexity index is 998. The summed E-state index contributed by atoms with van der Waals surface area (Å²) in [6.07, 6.45) is 51.7. The molecule has 0 spiro atoms. The number of esters is 1. The van der Waals surface area contributed by atoms with Gasteiger partial charge in [-0.25, -0.2) is 4.57 Å². The molecule has 8 nitrogen and oxygen atoms in total. The van der Waals surface area contributed by atoms with Crippen LogP contribution in [0.25, 0.3) is 0 Å². The number of ether oxygens (including phenoxy) is 2. The summed E-state index contributed by atoms with van der Waals surface area (Å²) in [4.78, 5) is 22.9. The van der Waals surface area contributed by atoms with Crippen molar-refractivity contribution in [1.82, 2.24) is 0 Å². The maximum Gasteiger partial charge on any atom is 0.472 e.